The highest BCUT2D eigenvalue weighted by atomic mass is 16.1. The molecule has 4 heteroatoms. The monoisotopic (exact) mass is 129 g/mol. The summed E-state index contributed by atoms with van der Waals surface area (Å²) in [7, 11) is 1.70. The summed E-state index contributed by atoms with van der Waals surface area (Å²) in [6.07, 6.45) is 1.42. The van der Waals surface area contributed by atoms with E-state index in [0.29, 0.717) is 0 Å². The Morgan fingerprint density at radius 3 is 2.33 bits per heavy atom. The smallest absolute Gasteiger partial charge is 0.276 e. The summed E-state index contributed by atoms with van der Waals surface area (Å²) >= 11 is 0. The summed E-state index contributed by atoms with van der Waals surface area (Å²) in [4.78, 5) is 13.5. The fourth-order valence-corrected chi connectivity index (χ4v) is 0.348. The van der Waals surface area contributed by atoms with Gasteiger partial charge in [0.1, 0.15) is 6.33 Å². The molecule has 0 spiro atoms. The zero-order chi connectivity index (χ0) is 7.28. The van der Waals surface area contributed by atoms with Gasteiger partial charge in [0.25, 0.3) is 0 Å². The van der Waals surface area contributed by atoms with Gasteiger partial charge in [-0.3, -0.25) is 4.68 Å². The van der Waals surface area contributed by atoms with Crippen molar-refractivity contribution in [1.82, 2.24) is 14.8 Å². The molecule has 0 aliphatic carbocycles. The lowest BCUT2D eigenvalue weighted by Crippen LogP contribution is -2.03. The molecule has 1 heterocycles. The largest absolute Gasteiger partial charge is 0.361 e. The Morgan fingerprint density at radius 1 is 1.67 bits per heavy atom. The molecule has 0 atom stereocenters. The first-order valence-electron chi connectivity index (χ1n) is 2.86. The van der Waals surface area contributed by atoms with Gasteiger partial charge >= 0.3 is 5.69 Å². The predicted octanol–water partition coefficient (Wildman–Crippen LogP) is 0.135. The third-order valence-electron chi connectivity index (χ3n) is 0.620. The van der Waals surface area contributed by atoms with Gasteiger partial charge in [-0.25, -0.2) is 9.89 Å². The molecule has 1 aromatic heterocycles. The van der Waals surface area contributed by atoms with E-state index in [4.69, 9.17) is 0 Å². The molecule has 0 saturated heterocycles. The van der Waals surface area contributed by atoms with E-state index in [1.807, 2.05) is 13.8 Å². The molecule has 0 saturated carbocycles. The van der Waals surface area contributed by atoms with E-state index in [9.17, 15) is 4.79 Å². The highest BCUT2D eigenvalue weighted by Crippen LogP contribution is 1.57. The molecule has 1 aromatic rings. The summed E-state index contributed by atoms with van der Waals surface area (Å²) in [5, 5.41) is 2.39. The predicted molar refractivity (Wildman–Crippen MR) is 35.2 cm³/mol. The molecule has 0 unspecified atom stereocenters. The van der Waals surface area contributed by atoms with Crippen molar-refractivity contribution in [3.8, 4) is 0 Å². The van der Waals surface area contributed by atoms with Gasteiger partial charge in [0, 0.05) is 7.05 Å². The molecule has 0 aliphatic rings. The van der Waals surface area contributed by atoms with Gasteiger partial charge in [-0.1, -0.05) is 13.8 Å². The third-order valence-corrected chi connectivity index (χ3v) is 0.620. The maximum atomic E-state index is 10.1. The minimum Gasteiger partial charge on any atom is -0.276 e. The molecule has 4 nitrogen and oxygen atoms in total. The number of hydrogen-bond acceptors (Lipinski definition) is 2. The van der Waals surface area contributed by atoms with Crippen LogP contribution in [0, 0.1) is 0 Å². The number of aryl methyl sites for hydroxylation is 1. The minimum atomic E-state index is -0.303. The van der Waals surface area contributed by atoms with Gasteiger partial charge in [0.15, 0.2) is 0 Å². The van der Waals surface area contributed by atoms with Crippen LogP contribution in [0.5, 0.6) is 0 Å². The molecule has 52 valence electrons. The topological polar surface area (TPSA) is 50.7 Å². The molecular formula is C5H11N3O. The molecular weight excluding hydrogens is 118 g/mol. The molecule has 0 fully saturated rings. The van der Waals surface area contributed by atoms with Crippen molar-refractivity contribution >= 4 is 0 Å². The van der Waals surface area contributed by atoms with Crippen molar-refractivity contribution in [3.05, 3.63) is 16.8 Å². The van der Waals surface area contributed by atoms with Crippen LogP contribution < -0.4 is 5.69 Å². The maximum Gasteiger partial charge on any atom is 0.361 e. The Morgan fingerprint density at radius 2 is 2.22 bits per heavy atom. The lowest BCUT2D eigenvalue weighted by atomic mass is 11.0. The van der Waals surface area contributed by atoms with Crippen LogP contribution >= 0.6 is 0 Å². The second-order valence-corrected chi connectivity index (χ2v) is 1.27. The van der Waals surface area contributed by atoms with Crippen LogP contribution in [-0.4, -0.2) is 14.8 Å². The number of nitrogens with one attached hydrogen (secondary N) is 1. The van der Waals surface area contributed by atoms with Crippen LogP contribution in [-0.2, 0) is 7.05 Å². The van der Waals surface area contributed by atoms with E-state index >= 15 is 0 Å². The number of aromatic amines is 1. The van der Waals surface area contributed by atoms with Crippen LogP contribution in [0.2, 0.25) is 0 Å². The number of nitrogens with zero attached hydrogens (tertiary/aromatic N) is 2. The molecule has 0 aromatic carbocycles. The quantitative estimate of drug-likeness (QED) is 0.541. The average molecular weight is 129 g/mol. The SMILES string of the molecule is CC.Cn1cnc(=O)[nH]1. The molecule has 1 N–H and O–H groups in total. The van der Waals surface area contributed by atoms with Gasteiger partial charge in [0.2, 0.25) is 0 Å². The first-order chi connectivity index (χ1) is 4.29. The summed E-state index contributed by atoms with van der Waals surface area (Å²) in [6, 6.07) is 0. The maximum absolute atomic E-state index is 10.1. The first kappa shape index (κ1) is 7.94. The summed E-state index contributed by atoms with van der Waals surface area (Å²) in [5.41, 5.74) is -0.303. The molecule has 0 radical (unpaired) electrons. The number of rotatable bonds is 0. The van der Waals surface area contributed by atoms with Gasteiger partial charge in [-0.15, -0.1) is 0 Å². The number of H-pyrrole nitrogens is 1. The summed E-state index contributed by atoms with van der Waals surface area (Å²) in [6.45, 7) is 4.00. The van der Waals surface area contributed by atoms with Crippen molar-refractivity contribution in [1.29, 1.82) is 0 Å². The summed E-state index contributed by atoms with van der Waals surface area (Å²) in [5.74, 6) is 0. The first-order valence-corrected chi connectivity index (χ1v) is 2.86. The van der Waals surface area contributed by atoms with E-state index in [1.165, 1.54) is 11.0 Å². The highest BCUT2D eigenvalue weighted by Gasteiger charge is 1.79. The number of hydrogen-bond donors (Lipinski definition) is 1. The standard InChI is InChI=1S/C3H5N3O.C2H6/c1-6-2-4-3(7)5-6;1-2/h2H,1H3,(H,5,7);1-2H3. The van der Waals surface area contributed by atoms with Crippen molar-refractivity contribution in [2.24, 2.45) is 7.05 Å². The van der Waals surface area contributed by atoms with E-state index in [2.05, 4.69) is 10.1 Å². The lowest BCUT2D eigenvalue weighted by molar-refractivity contribution is 0.756. The number of aromatic nitrogens is 3. The fraction of sp³-hybridized carbons (Fsp3) is 0.600. The minimum absolute atomic E-state index is 0.303. The Bertz CT molecular complexity index is 200. The summed E-state index contributed by atoms with van der Waals surface area (Å²) < 4.78 is 1.49. The van der Waals surface area contributed by atoms with Crippen LogP contribution in [0.3, 0.4) is 0 Å². The Balaban J connectivity index is 0.000000291. The van der Waals surface area contributed by atoms with Gasteiger partial charge < -0.3 is 0 Å². The molecule has 9 heavy (non-hydrogen) atoms. The van der Waals surface area contributed by atoms with Crippen molar-refractivity contribution < 1.29 is 0 Å². The normalized spacial score (nSPS) is 7.89. The van der Waals surface area contributed by atoms with Crippen LogP contribution in [0.25, 0.3) is 0 Å². The van der Waals surface area contributed by atoms with E-state index in [1.54, 1.807) is 7.05 Å². The van der Waals surface area contributed by atoms with Crippen molar-refractivity contribution in [2.45, 2.75) is 13.8 Å². The van der Waals surface area contributed by atoms with E-state index < -0.39 is 0 Å². The Hall–Kier alpha value is -1.06. The van der Waals surface area contributed by atoms with Crippen LogP contribution in [0.15, 0.2) is 11.1 Å². The van der Waals surface area contributed by atoms with Crippen molar-refractivity contribution in [2.75, 3.05) is 0 Å². The van der Waals surface area contributed by atoms with Crippen LogP contribution in [0.4, 0.5) is 0 Å². The second kappa shape index (κ2) is 3.88. The zero-order valence-corrected chi connectivity index (χ0v) is 5.88. The van der Waals surface area contributed by atoms with E-state index in [-0.39, 0.29) is 5.69 Å². The Kier molecular flexibility index (Phi) is 3.43. The second-order valence-electron chi connectivity index (χ2n) is 1.27. The van der Waals surface area contributed by atoms with Crippen molar-refractivity contribution in [3.63, 3.8) is 0 Å². The zero-order valence-electron chi connectivity index (χ0n) is 5.88. The van der Waals surface area contributed by atoms with Gasteiger partial charge in [-0.2, -0.15) is 4.98 Å². The molecule has 0 bridgehead atoms. The average Bonchev–Trinajstić information content (AvgIpc) is 2.20. The van der Waals surface area contributed by atoms with E-state index in [0.717, 1.165) is 0 Å². The third kappa shape index (κ3) is 2.69. The fourth-order valence-electron chi connectivity index (χ4n) is 0.348. The highest BCUT2D eigenvalue weighted by molar-refractivity contribution is 4.53. The Labute approximate surface area is 53.5 Å². The van der Waals surface area contributed by atoms with Gasteiger partial charge in [0.05, 0.1) is 0 Å². The lowest BCUT2D eigenvalue weighted by Gasteiger charge is -1.77. The molecule has 0 aliphatic heterocycles. The van der Waals surface area contributed by atoms with Gasteiger partial charge in [-0.05, 0) is 0 Å². The van der Waals surface area contributed by atoms with Crippen LogP contribution in [0.1, 0.15) is 13.8 Å². The molecule has 1 rings (SSSR count). The molecule has 0 amide bonds.